The van der Waals surface area contributed by atoms with Gasteiger partial charge in [-0.15, -0.1) is 0 Å². The zero-order chi connectivity index (χ0) is 9.42. The van der Waals surface area contributed by atoms with Crippen LogP contribution in [0.15, 0.2) is 12.1 Å². The van der Waals surface area contributed by atoms with Crippen LogP contribution in [0, 0.1) is 12.7 Å². The van der Waals surface area contributed by atoms with Gasteiger partial charge in [0.05, 0.1) is 0 Å². The van der Waals surface area contributed by atoms with Gasteiger partial charge in [0.2, 0.25) is 0 Å². The Labute approximate surface area is 76.4 Å². The molecule has 2 rings (SSSR count). The molecule has 0 aromatic heterocycles. The van der Waals surface area contributed by atoms with Crippen molar-refractivity contribution in [2.75, 3.05) is 6.54 Å². The van der Waals surface area contributed by atoms with Crippen LogP contribution in [0.4, 0.5) is 4.39 Å². The number of hydrogen-bond acceptors (Lipinski definition) is 2. The van der Waals surface area contributed by atoms with Crippen LogP contribution < -0.4 is 5.32 Å². The summed E-state index contributed by atoms with van der Waals surface area (Å²) in [5.41, 5.74) is 1.28. The number of aryl methyl sites for hydroxylation is 1. The second-order valence-corrected chi connectivity index (χ2v) is 3.46. The lowest BCUT2D eigenvalue weighted by Crippen LogP contribution is -2.35. The summed E-state index contributed by atoms with van der Waals surface area (Å²) < 4.78 is 13.0. The average Bonchev–Trinajstić information content (AvgIpc) is 1.95. The van der Waals surface area contributed by atoms with Crippen LogP contribution in [0.5, 0.6) is 5.75 Å². The van der Waals surface area contributed by atoms with E-state index < -0.39 is 0 Å². The molecule has 1 fully saturated rings. The van der Waals surface area contributed by atoms with Gasteiger partial charge in [-0.25, -0.2) is 4.39 Å². The molecule has 1 atom stereocenters. The quantitative estimate of drug-likeness (QED) is 0.693. The standard InChI is InChI=1S/C10H12FNO/c1-6-4-7(11)5-8(10(6)13)9-2-3-12-9/h4-5,9,12-13H,2-3H2,1H3/t9-/m1/s1. The molecule has 70 valence electrons. The molecule has 2 N–H and O–H groups in total. The second kappa shape index (κ2) is 3.00. The van der Waals surface area contributed by atoms with Crippen molar-refractivity contribution in [1.82, 2.24) is 5.32 Å². The van der Waals surface area contributed by atoms with E-state index in [1.54, 1.807) is 6.92 Å². The molecule has 0 amide bonds. The minimum atomic E-state index is -0.279. The first kappa shape index (κ1) is 8.51. The van der Waals surface area contributed by atoms with E-state index in [0.29, 0.717) is 11.1 Å². The Kier molecular flexibility index (Phi) is 1.96. The predicted molar refractivity (Wildman–Crippen MR) is 48.2 cm³/mol. The smallest absolute Gasteiger partial charge is 0.124 e. The van der Waals surface area contributed by atoms with Gasteiger partial charge < -0.3 is 10.4 Å². The molecule has 0 radical (unpaired) electrons. The fourth-order valence-corrected chi connectivity index (χ4v) is 1.58. The van der Waals surface area contributed by atoms with Crippen molar-refractivity contribution >= 4 is 0 Å². The van der Waals surface area contributed by atoms with E-state index in [9.17, 15) is 9.50 Å². The summed E-state index contributed by atoms with van der Waals surface area (Å²) in [5, 5.41) is 12.8. The Hall–Kier alpha value is -1.09. The third-order valence-corrected chi connectivity index (χ3v) is 2.49. The zero-order valence-electron chi connectivity index (χ0n) is 7.47. The Morgan fingerprint density at radius 3 is 2.77 bits per heavy atom. The summed E-state index contributed by atoms with van der Waals surface area (Å²) in [6, 6.07) is 2.88. The summed E-state index contributed by atoms with van der Waals surface area (Å²) in [6.45, 7) is 2.65. The molecule has 0 unspecified atom stereocenters. The molecule has 0 aliphatic carbocycles. The fourth-order valence-electron chi connectivity index (χ4n) is 1.58. The maximum Gasteiger partial charge on any atom is 0.124 e. The van der Waals surface area contributed by atoms with Gasteiger partial charge in [-0.3, -0.25) is 0 Å². The van der Waals surface area contributed by atoms with Crippen molar-refractivity contribution in [2.45, 2.75) is 19.4 Å². The molecular weight excluding hydrogens is 169 g/mol. The summed E-state index contributed by atoms with van der Waals surface area (Å²) in [6.07, 6.45) is 0.969. The lowest BCUT2D eigenvalue weighted by atomic mass is 9.95. The van der Waals surface area contributed by atoms with Crippen molar-refractivity contribution in [3.8, 4) is 5.75 Å². The first-order valence-corrected chi connectivity index (χ1v) is 4.41. The van der Waals surface area contributed by atoms with Crippen LogP contribution in [0.3, 0.4) is 0 Å². The summed E-state index contributed by atoms with van der Waals surface area (Å²) in [7, 11) is 0. The third kappa shape index (κ3) is 1.40. The summed E-state index contributed by atoms with van der Waals surface area (Å²) in [5.74, 6) is -0.0578. The number of nitrogens with one attached hydrogen (secondary N) is 1. The maximum atomic E-state index is 13.0. The third-order valence-electron chi connectivity index (χ3n) is 2.49. The largest absolute Gasteiger partial charge is 0.507 e. The van der Waals surface area contributed by atoms with Gasteiger partial charge >= 0.3 is 0 Å². The van der Waals surface area contributed by atoms with Crippen molar-refractivity contribution in [3.05, 3.63) is 29.1 Å². The summed E-state index contributed by atoms with van der Waals surface area (Å²) >= 11 is 0. The van der Waals surface area contributed by atoms with Gasteiger partial charge in [0.1, 0.15) is 11.6 Å². The Balaban J connectivity index is 2.42. The first-order chi connectivity index (χ1) is 6.18. The van der Waals surface area contributed by atoms with Crippen molar-refractivity contribution in [2.24, 2.45) is 0 Å². The van der Waals surface area contributed by atoms with E-state index in [1.165, 1.54) is 12.1 Å². The van der Waals surface area contributed by atoms with Gasteiger partial charge in [0, 0.05) is 11.6 Å². The lowest BCUT2D eigenvalue weighted by molar-refractivity contribution is 0.361. The molecule has 3 heteroatoms. The highest BCUT2D eigenvalue weighted by atomic mass is 19.1. The van der Waals surface area contributed by atoms with E-state index in [2.05, 4.69) is 5.32 Å². The van der Waals surface area contributed by atoms with Crippen molar-refractivity contribution in [1.29, 1.82) is 0 Å². The normalized spacial score (nSPS) is 21.2. The Bertz CT molecular complexity index is 334. The van der Waals surface area contributed by atoms with E-state index in [1.807, 2.05) is 0 Å². The monoisotopic (exact) mass is 181 g/mol. The highest BCUT2D eigenvalue weighted by Gasteiger charge is 2.22. The molecule has 1 heterocycles. The maximum absolute atomic E-state index is 13.0. The molecular formula is C10H12FNO. The fraction of sp³-hybridized carbons (Fsp3) is 0.400. The SMILES string of the molecule is Cc1cc(F)cc([C@H]2CCN2)c1O. The number of halogens is 1. The highest BCUT2D eigenvalue weighted by Crippen LogP contribution is 2.33. The first-order valence-electron chi connectivity index (χ1n) is 4.41. The molecule has 1 aliphatic heterocycles. The van der Waals surface area contributed by atoms with E-state index in [-0.39, 0.29) is 17.6 Å². The molecule has 2 nitrogen and oxygen atoms in total. The average molecular weight is 181 g/mol. The number of aromatic hydroxyl groups is 1. The molecule has 0 spiro atoms. The number of phenols is 1. The zero-order valence-corrected chi connectivity index (χ0v) is 7.47. The molecule has 13 heavy (non-hydrogen) atoms. The Morgan fingerprint density at radius 2 is 2.23 bits per heavy atom. The minimum absolute atomic E-state index is 0.134. The highest BCUT2D eigenvalue weighted by molar-refractivity contribution is 5.42. The van der Waals surface area contributed by atoms with Crippen LogP contribution in [-0.4, -0.2) is 11.7 Å². The van der Waals surface area contributed by atoms with E-state index in [0.717, 1.165) is 13.0 Å². The van der Waals surface area contributed by atoms with Crippen molar-refractivity contribution in [3.63, 3.8) is 0 Å². The Morgan fingerprint density at radius 1 is 1.54 bits per heavy atom. The molecule has 0 bridgehead atoms. The van der Waals surface area contributed by atoms with Crippen LogP contribution in [-0.2, 0) is 0 Å². The molecule has 1 aliphatic rings. The van der Waals surface area contributed by atoms with Gasteiger partial charge in [-0.1, -0.05) is 0 Å². The lowest BCUT2D eigenvalue weighted by Gasteiger charge is -2.29. The van der Waals surface area contributed by atoms with Crippen LogP contribution in [0.25, 0.3) is 0 Å². The molecule has 0 saturated carbocycles. The minimum Gasteiger partial charge on any atom is -0.507 e. The van der Waals surface area contributed by atoms with Crippen LogP contribution in [0.2, 0.25) is 0 Å². The van der Waals surface area contributed by atoms with Crippen molar-refractivity contribution < 1.29 is 9.50 Å². The molecule has 1 saturated heterocycles. The molecule has 1 aromatic carbocycles. The van der Waals surface area contributed by atoms with E-state index >= 15 is 0 Å². The number of hydrogen-bond donors (Lipinski definition) is 2. The van der Waals surface area contributed by atoms with Gasteiger partial charge in [0.25, 0.3) is 0 Å². The second-order valence-electron chi connectivity index (χ2n) is 3.46. The van der Waals surface area contributed by atoms with Gasteiger partial charge in [0.15, 0.2) is 0 Å². The number of benzene rings is 1. The van der Waals surface area contributed by atoms with Crippen LogP contribution in [0.1, 0.15) is 23.6 Å². The summed E-state index contributed by atoms with van der Waals surface area (Å²) in [4.78, 5) is 0. The van der Waals surface area contributed by atoms with Crippen LogP contribution >= 0.6 is 0 Å². The van der Waals surface area contributed by atoms with E-state index in [4.69, 9.17) is 0 Å². The van der Waals surface area contributed by atoms with Gasteiger partial charge in [-0.2, -0.15) is 0 Å². The van der Waals surface area contributed by atoms with Gasteiger partial charge in [-0.05, 0) is 37.6 Å². The topological polar surface area (TPSA) is 32.3 Å². The number of phenolic OH excluding ortho intramolecular Hbond substituents is 1. The molecule has 1 aromatic rings. The number of rotatable bonds is 1. The predicted octanol–water partition coefficient (Wildman–Crippen LogP) is 1.87.